The Bertz CT molecular complexity index is 521. The van der Waals surface area contributed by atoms with Gasteiger partial charge in [-0.2, -0.15) is 5.10 Å². The van der Waals surface area contributed by atoms with Crippen LogP contribution in [0.3, 0.4) is 0 Å². The number of hydrogen-bond donors (Lipinski definition) is 0. The van der Waals surface area contributed by atoms with Crippen molar-refractivity contribution < 1.29 is 14.3 Å². The van der Waals surface area contributed by atoms with E-state index in [-0.39, 0.29) is 17.8 Å². The van der Waals surface area contributed by atoms with Gasteiger partial charge in [-0.3, -0.25) is 14.3 Å². The monoisotopic (exact) mass is 277 g/mol. The van der Waals surface area contributed by atoms with E-state index in [0.717, 1.165) is 18.5 Å². The zero-order chi connectivity index (χ0) is 14.5. The van der Waals surface area contributed by atoms with Crippen LogP contribution >= 0.6 is 0 Å². The summed E-state index contributed by atoms with van der Waals surface area (Å²) in [6.45, 7) is 1.11. The van der Waals surface area contributed by atoms with Crippen LogP contribution in [0.25, 0.3) is 6.08 Å². The third-order valence-electron chi connectivity index (χ3n) is 3.52. The fourth-order valence-corrected chi connectivity index (χ4v) is 2.35. The molecule has 108 valence electrons. The summed E-state index contributed by atoms with van der Waals surface area (Å²) >= 11 is 0. The van der Waals surface area contributed by atoms with E-state index in [2.05, 4.69) is 5.10 Å². The minimum atomic E-state index is -0.238. The van der Waals surface area contributed by atoms with Crippen LogP contribution < -0.4 is 0 Å². The molecule has 0 aromatic carbocycles. The molecule has 2 rings (SSSR count). The molecule has 20 heavy (non-hydrogen) atoms. The van der Waals surface area contributed by atoms with Crippen LogP contribution in [-0.2, 0) is 21.4 Å². The first-order valence-corrected chi connectivity index (χ1v) is 6.64. The lowest BCUT2D eigenvalue weighted by atomic mass is 9.98. The number of carbonyl (C=O) groups is 2. The zero-order valence-corrected chi connectivity index (χ0v) is 11.8. The summed E-state index contributed by atoms with van der Waals surface area (Å²) in [5.74, 6) is -0.527. The molecule has 1 fully saturated rings. The molecular formula is C14H19N3O3. The molecule has 0 spiro atoms. The molecule has 6 nitrogen and oxygen atoms in total. The van der Waals surface area contributed by atoms with E-state index in [1.54, 1.807) is 21.9 Å². The highest BCUT2D eigenvalue weighted by atomic mass is 16.5. The van der Waals surface area contributed by atoms with E-state index in [9.17, 15) is 9.59 Å². The van der Waals surface area contributed by atoms with E-state index in [0.29, 0.717) is 13.1 Å². The van der Waals surface area contributed by atoms with Crippen molar-refractivity contribution in [2.24, 2.45) is 13.0 Å². The highest BCUT2D eigenvalue weighted by Gasteiger charge is 2.28. The summed E-state index contributed by atoms with van der Waals surface area (Å²) < 4.78 is 6.44. The highest BCUT2D eigenvalue weighted by molar-refractivity contribution is 5.92. The number of esters is 1. The Hall–Kier alpha value is -2.11. The molecule has 6 heteroatoms. The van der Waals surface area contributed by atoms with Gasteiger partial charge in [-0.15, -0.1) is 0 Å². The number of hydrogen-bond acceptors (Lipinski definition) is 4. The largest absolute Gasteiger partial charge is 0.469 e. The fraction of sp³-hybridized carbons (Fsp3) is 0.500. The number of nitrogens with zero attached hydrogens (tertiary/aromatic N) is 3. The second kappa shape index (κ2) is 6.36. The van der Waals surface area contributed by atoms with Gasteiger partial charge in [-0.25, -0.2) is 0 Å². The Labute approximate surface area is 118 Å². The molecule has 1 aliphatic heterocycles. The van der Waals surface area contributed by atoms with E-state index < -0.39 is 0 Å². The first-order chi connectivity index (χ1) is 9.61. The van der Waals surface area contributed by atoms with Gasteiger partial charge in [0.25, 0.3) is 0 Å². The van der Waals surface area contributed by atoms with Gasteiger partial charge in [0.2, 0.25) is 5.91 Å². The lowest BCUT2D eigenvalue weighted by Gasteiger charge is -2.30. The van der Waals surface area contributed by atoms with Crippen molar-refractivity contribution in [1.29, 1.82) is 0 Å². The predicted octanol–water partition coefficient (Wildman–Crippen LogP) is 0.845. The smallest absolute Gasteiger partial charge is 0.310 e. The molecule has 0 bridgehead atoms. The van der Waals surface area contributed by atoms with Gasteiger partial charge in [0.05, 0.1) is 18.7 Å². The molecule has 0 saturated carbocycles. The summed E-state index contributed by atoms with van der Waals surface area (Å²) in [6.07, 6.45) is 6.54. The SMILES string of the molecule is COC(=O)[C@H]1CCCN(C(=O)/C=C/c2ccnn2C)C1. The van der Waals surface area contributed by atoms with Gasteiger partial charge in [-0.05, 0) is 25.0 Å². The Kier molecular flexibility index (Phi) is 4.55. The Morgan fingerprint density at radius 1 is 1.50 bits per heavy atom. The molecular weight excluding hydrogens is 258 g/mol. The molecule has 1 atom stereocenters. The zero-order valence-electron chi connectivity index (χ0n) is 11.8. The third kappa shape index (κ3) is 3.26. The van der Waals surface area contributed by atoms with Gasteiger partial charge >= 0.3 is 5.97 Å². The van der Waals surface area contributed by atoms with Crippen molar-refractivity contribution in [3.8, 4) is 0 Å². The van der Waals surface area contributed by atoms with E-state index >= 15 is 0 Å². The molecule has 2 heterocycles. The molecule has 1 aliphatic rings. The second-order valence-corrected chi connectivity index (χ2v) is 4.86. The van der Waals surface area contributed by atoms with Crippen molar-refractivity contribution in [3.63, 3.8) is 0 Å². The number of carbonyl (C=O) groups excluding carboxylic acids is 2. The molecule has 0 N–H and O–H groups in total. The van der Waals surface area contributed by atoms with Crippen LogP contribution in [-0.4, -0.2) is 46.8 Å². The normalized spacial score (nSPS) is 19.3. The van der Waals surface area contributed by atoms with Crippen LogP contribution in [0.2, 0.25) is 0 Å². The van der Waals surface area contributed by atoms with Crippen LogP contribution in [0, 0.1) is 5.92 Å². The lowest BCUT2D eigenvalue weighted by Crippen LogP contribution is -2.41. The number of aromatic nitrogens is 2. The van der Waals surface area contributed by atoms with Gasteiger partial charge in [-0.1, -0.05) is 0 Å². The Morgan fingerprint density at radius 2 is 2.30 bits per heavy atom. The second-order valence-electron chi connectivity index (χ2n) is 4.86. The van der Waals surface area contributed by atoms with Gasteiger partial charge in [0, 0.05) is 32.4 Å². The van der Waals surface area contributed by atoms with Crippen molar-refractivity contribution in [2.45, 2.75) is 12.8 Å². The lowest BCUT2D eigenvalue weighted by molar-refractivity contribution is -0.148. The molecule has 1 aromatic rings. The van der Waals surface area contributed by atoms with Gasteiger partial charge < -0.3 is 9.64 Å². The number of aryl methyl sites for hydroxylation is 1. The Morgan fingerprint density at radius 3 is 2.95 bits per heavy atom. The van der Waals surface area contributed by atoms with E-state index in [1.807, 2.05) is 13.1 Å². The number of likely N-dealkylation sites (tertiary alicyclic amines) is 1. The average Bonchev–Trinajstić information content (AvgIpc) is 2.89. The summed E-state index contributed by atoms with van der Waals surface area (Å²) in [4.78, 5) is 25.3. The molecule has 0 radical (unpaired) electrons. The van der Waals surface area contributed by atoms with Crippen molar-refractivity contribution in [3.05, 3.63) is 24.0 Å². The fourth-order valence-electron chi connectivity index (χ4n) is 2.35. The minimum Gasteiger partial charge on any atom is -0.469 e. The van der Waals surface area contributed by atoms with Crippen molar-refractivity contribution >= 4 is 18.0 Å². The summed E-state index contributed by atoms with van der Waals surface area (Å²) in [5.41, 5.74) is 0.861. The maximum absolute atomic E-state index is 12.1. The van der Waals surface area contributed by atoms with E-state index in [4.69, 9.17) is 4.74 Å². The summed E-state index contributed by atoms with van der Waals surface area (Å²) in [5, 5.41) is 4.03. The molecule has 1 amide bonds. The topological polar surface area (TPSA) is 64.4 Å². The number of methoxy groups -OCH3 is 1. The molecule has 1 saturated heterocycles. The highest BCUT2D eigenvalue weighted by Crippen LogP contribution is 2.18. The van der Waals surface area contributed by atoms with Crippen molar-refractivity contribution in [1.82, 2.24) is 14.7 Å². The first kappa shape index (κ1) is 14.3. The number of ether oxygens (including phenoxy) is 1. The number of amides is 1. The Balaban J connectivity index is 1.97. The standard InChI is InChI=1S/C14H19N3O3/c1-16-12(7-8-15-16)5-6-13(18)17-9-3-4-11(10-17)14(19)20-2/h5-8,11H,3-4,9-10H2,1-2H3/b6-5+/t11-/m0/s1. The summed E-state index contributed by atoms with van der Waals surface area (Å²) in [7, 11) is 3.20. The predicted molar refractivity (Wildman–Crippen MR) is 73.6 cm³/mol. The number of rotatable bonds is 3. The average molecular weight is 277 g/mol. The third-order valence-corrected chi connectivity index (χ3v) is 3.52. The minimum absolute atomic E-state index is 0.0835. The summed E-state index contributed by atoms with van der Waals surface area (Å²) in [6, 6.07) is 1.83. The van der Waals surface area contributed by atoms with Crippen LogP contribution in [0.1, 0.15) is 18.5 Å². The quantitative estimate of drug-likeness (QED) is 0.607. The molecule has 0 unspecified atom stereocenters. The van der Waals surface area contributed by atoms with Gasteiger partial charge in [0.15, 0.2) is 0 Å². The van der Waals surface area contributed by atoms with Crippen molar-refractivity contribution in [2.75, 3.05) is 20.2 Å². The maximum Gasteiger partial charge on any atom is 0.310 e. The van der Waals surface area contributed by atoms with Crippen LogP contribution in [0.4, 0.5) is 0 Å². The molecule has 1 aromatic heterocycles. The van der Waals surface area contributed by atoms with Crippen LogP contribution in [0.15, 0.2) is 18.3 Å². The molecule has 0 aliphatic carbocycles. The maximum atomic E-state index is 12.1. The van der Waals surface area contributed by atoms with Crippen LogP contribution in [0.5, 0.6) is 0 Å². The first-order valence-electron chi connectivity index (χ1n) is 6.64. The number of piperidine rings is 1. The van der Waals surface area contributed by atoms with Gasteiger partial charge in [0.1, 0.15) is 0 Å². The van der Waals surface area contributed by atoms with E-state index in [1.165, 1.54) is 13.2 Å².